The number of amides is 1. The zero-order valence-electron chi connectivity index (χ0n) is 15.7. The molecule has 28 heavy (non-hydrogen) atoms. The first-order valence-electron chi connectivity index (χ1n) is 10.1. The number of rotatable bonds is 5. The average molecular weight is 387 g/mol. The number of fused-ring (bicyclic) bond motifs is 1. The SMILES string of the molecule is O=C(NC1COC2C1OCC2n1cc(CC2CCCCC2)nn1)c1cnn[nH]1. The van der Waals surface area contributed by atoms with Gasteiger partial charge in [0.15, 0.2) is 0 Å². The van der Waals surface area contributed by atoms with Gasteiger partial charge in [-0.25, -0.2) is 4.68 Å². The maximum Gasteiger partial charge on any atom is 0.271 e. The number of nitrogens with one attached hydrogen (secondary N) is 2. The van der Waals surface area contributed by atoms with Crippen molar-refractivity contribution in [1.29, 1.82) is 0 Å². The van der Waals surface area contributed by atoms with Gasteiger partial charge in [-0.05, 0) is 12.3 Å². The number of H-pyrrole nitrogens is 1. The lowest BCUT2D eigenvalue weighted by molar-refractivity contribution is 0.0613. The molecule has 2 aromatic rings. The van der Waals surface area contributed by atoms with Gasteiger partial charge in [0, 0.05) is 6.20 Å². The van der Waals surface area contributed by atoms with Gasteiger partial charge >= 0.3 is 0 Å². The van der Waals surface area contributed by atoms with Crippen LogP contribution in [0.5, 0.6) is 0 Å². The Morgan fingerprint density at radius 3 is 2.89 bits per heavy atom. The van der Waals surface area contributed by atoms with Crippen LogP contribution in [0.4, 0.5) is 0 Å². The molecule has 0 aromatic carbocycles. The summed E-state index contributed by atoms with van der Waals surface area (Å²) >= 11 is 0. The number of aromatic nitrogens is 6. The predicted molar refractivity (Wildman–Crippen MR) is 96.5 cm³/mol. The highest BCUT2D eigenvalue weighted by Crippen LogP contribution is 2.34. The van der Waals surface area contributed by atoms with Crippen LogP contribution in [-0.4, -0.2) is 67.8 Å². The molecule has 2 aliphatic heterocycles. The van der Waals surface area contributed by atoms with E-state index >= 15 is 0 Å². The molecule has 0 radical (unpaired) electrons. The van der Waals surface area contributed by atoms with Gasteiger partial charge in [-0.15, -0.1) is 10.2 Å². The topological polar surface area (TPSA) is 120 Å². The van der Waals surface area contributed by atoms with Crippen molar-refractivity contribution in [3.63, 3.8) is 0 Å². The summed E-state index contributed by atoms with van der Waals surface area (Å²) in [5.41, 5.74) is 1.37. The molecule has 10 heteroatoms. The van der Waals surface area contributed by atoms with Gasteiger partial charge in [-0.2, -0.15) is 0 Å². The van der Waals surface area contributed by atoms with Crippen molar-refractivity contribution in [3.05, 3.63) is 23.8 Å². The van der Waals surface area contributed by atoms with E-state index < -0.39 is 0 Å². The second-order valence-corrected chi connectivity index (χ2v) is 8.01. The first-order valence-corrected chi connectivity index (χ1v) is 10.1. The number of carbonyl (C=O) groups excluding carboxylic acids is 1. The number of carbonyl (C=O) groups is 1. The van der Waals surface area contributed by atoms with E-state index in [1.165, 1.54) is 38.3 Å². The van der Waals surface area contributed by atoms with Crippen molar-refractivity contribution in [2.24, 2.45) is 5.92 Å². The van der Waals surface area contributed by atoms with Crippen molar-refractivity contribution in [2.75, 3.05) is 13.2 Å². The smallest absolute Gasteiger partial charge is 0.271 e. The lowest BCUT2D eigenvalue weighted by Crippen LogP contribution is -2.44. The standard InChI is InChI=1S/C18H25N7O3/c26-18(13-7-19-23-22-13)20-14-9-27-17-15(10-28-16(14)17)25-8-12(21-24-25)6-11-4-2-1-3-5-11/h7-8,11,14-17H,1-6,9-10H2,(H,20,26)(H,19,22,23). The normalized spacial score (nSPS) is 30.4. The van der Waals surface area contributed by atoms with E-state index in [1.54, 1.807) is 0 Å². The molecule has 150 valence electrons. The Hall–Kier alpha value is -2.33. The highest BCUT2D eigenvalue weighted by atomic mass is 16.6. The lowest BCUT2D eigenvalue weighted by Gasteiger charge is -2.20. The molecule has 3 aliphatic rings. The quantitative estimate of drug-likeness (QED) is 0.773. The number of ether oxygens (including phenoxy) is 2. The molecular weight excluding hydrogens is 362 g/mol. The summed E-state index contributed by atoms with van der Waals surface area (Å²) in [6.07, 6.45) is 10.7. The minimum atomic E-state index is -0.262. The molecular formula is C18H25N7O3. The van der Waals surface area contributed by atoms with Crippen LogP contribution in [0.25, 0.3) is 0 Å². The molecule has 1 aliphatic carbocycles. The second kappa shape index (κ2) is 7.59. The zero-order valence-corrected chi connectivity index (χ0v) is 15.7. The van der Waals surface area contributed by atoms with Gasteiger partial charge in [0.1, 0.15) is 23.9 Å². The Morgan fingerprint density at radius 2 is 2.07 bits per heavy atom. The largest absolute Gasteiger partial charge is 0.371 e. The molecule has 5 rings (SSSR count). The van der Waals surface area contributed by atoms with Gasteiger partial charge in [-0.1, -0.05) is 42.5 Å². The Labute approximate surface area is 162 Å². The van der Waals surface area contributed by atoms with Crippen molar-refractivity contribution >= 4 is 5.91 Å². The number of hydrogen-bond donors (Lipinski definition) is 2. The third kappa shape index (κ3) is 3.42. The van der Waals surface area contributed by atoms with E-state index in [2.05, 4.69) is 31.0 Å². The van der Waals surface area contributed by atoms with Crippen molar-refractivity contribution in [2.45, 2.75) is 62.8 Å². The molecule has 1 saturated carbocycles. The van der Waals surface area contributed by atoms with Gasteiger partial charge in [-0.3, -0.25) is 9.89 Å². The van der Waals surface area contributed by atoms with Crippen LogP contribution < -0.4 is 5.32 Å². The van der Waals surface area contributed by atoms with E-state index in [0.717, 1.165) is 18.0 Å². The second-order valence-electron chi connectivity index (χ2n) is 8.01. The highest BCUT2D eigenvalue weighted by Gasteiger charge is 2.49. The molecule has 0 bridgehead atoms. The summed E-state index contributed by atoms with van der Waals surface area (Å²) < 4.78 is 13.8. The lowest BCUT2D eigenvalue weighted by atomic mass is 9.86. The van der Waals surface area contributed by atoms with Crippen molar-refractivity contribution in [3.8, 4) is 0 Å². The molecule has 2 aromatic heterocycles. The molecule has 2 saturated heterocycles. The molecule has 4 atom stereocenters. The molecule has 4 unspecified atom stereocenters. The Balaban J connectivity index is 1.21. The fourth-order valence-corrected chi connectivity index (χ4v) is 4.64. The van der Waals surface area contributed by atoms with Crippen molar-refractivity contribution in [1.82, 2.24) is 35.7 Å². The fraction of sp³-hybridized carbons (Fsp3) is 0.722. The minimum Gasteiger partial charge on any atom is -0.371 e. The van der Waals surface area contributed by atoms with Crippen LogP contribution in [0.15, 0.2) is 12.4 Å². The van der Waals surface area contributed by atoms with Crippen LogP contribution in [0.2, 0.25) is 0 Å². The molecule has 1 amide bonds. The van der Waals surface area contributed by atoms with Crippen LogP contribution >= 0.6 is 0 Å². The Morgan fingerprint density at radius 1 is 1.21 bits per heavy atom. The van der Waals surface area contributed by atoms with Gasteiger partial charge in [0.25, 0.3) is 5.91 Å². The third-order valence-electron chi connectivity index (χ3n) is 6.12. The maximum atomic E-state index is 12.2. The summed E-state index contributed by atoms with van der Waals surface area (Å²) in [5, 5.41) is 21.4. The fourth-order valence-electron chi connectivity index (χ4n) is 4.64. The summed E-state index contributed by atoms with van der Waals surface area (Å²) in [6, 6.07) is -0.232. The van der Waals surface area contributed by atoms with E-state index in [-0.39, 0.29) is 30.2 Å². The van der Waals surface area contributed by atoms with Crippen LogP contribution in [0.3, 0.4) is 0 Å². The zero-order chi connectivity index (χ0) is 18.9. The maximum absolute atomic E-state index is 12.2. The monoisotopic (exact) mass is 387 g/mol. The summed E-state index contributed by atoms with van der Waals surface area (Å²) in [5.74, 6) is 0.465. The first-order chi connectivity index (χ1) is 13.8. The van der Waals surface area contributed by atoms with E-state index in [0.29, 0.717) is 18.9 Å². The van der Waals surface area contributed by atoms with Crippen LogP contribution in [0, 0.1) is 5.92 Å². The molecule has 3 fully saturated rings. The average Bonchev–Trinajstić information content (AvgIpc) is 3.49. The van der Waals surface area contributed by atoms with Gasteiger partial charge in [0.05, 0.1) is 31.1 Å². The number of aromatic amines is 1. The van der Waals surface area contributed by atoms with Crippen LogP contribution in [-0.2, 0) is 15.9 Å². The van der Waals surface area contributed by atoms with E-state index in [9.17, 15) is 4.79 Å². The molecule has 10 nitrogen and oxygen atoms in total. The van der Waals surface area contributed by atoms with E-state index in [4.69, 9.17) is 9.47 Å². The molecule has 4 heterocycles. The first kappa shape index (κ1) is 17.7. The van der Waals surface area contributed by atoms with Crippen LogP contribution in [0.1, 0.15) is 54.3 Å². The summed E-state index contributed by atoms with van der Waals surface area (Å²) in [4.78, 5) is 12.2. The third-order valence-corrected chi connectivity index (χ3v) is 6.12. The Bertz CT molecular complexity index is 802. The predicted octanol–water partition coefficient (Wildman–Crippen LogP) is 0.656. The number of nitrogens with zero attached hydrogens (tertiary/aromatic N) is 5. The van der Waals surface area contributed by atoms with Crippen molar-refractivity contribution < 1.29 is 14.3 Å². The summed E-state index contributed by atoms with van der Waals surface area (Å²) in [6.45, 7) is 0.905. The van der Waals surface area contributed by atoms with Gasteiger partial charge in [0.2, 0.25) is 0 Å². The molecule has 0 spiro atoms. The van der Waals surface area contributed by atoms with E-state index in [1.807, 2.05) is 10.9 Å². The summed E-state index contributed by atoms with van der Waals surface area (Å²) in [7, 11) is 0. The Kier molecular flexibility index (Phi) is 4.81. The van der Waals surface area contributed by atoms with Gasteiger partial charge < -0.3 is 14.8 Å². The number of hydrogen-bond acceptors (Lipinski definition) is 7. The molecule has 2 N–H and O–H groups in total. The highest BCUT2D eigenvalue weighted by molar-refractivity contribution is 5.92. The minimum absolute atomic E-state index is 0.0201.